The van der Waals surface area contributed by atoms with Crippen molar-refractivity contribution in [2.45, 2.75) is 20.8 Å². The summed E-state index contributed by atoms with van der Waals surface area (Å²) in [5.41, 5.74) is 4.00. The molecule has 0 unspecified atom stereocenters. The lowest BCUT2D eigenvalue weighted by atomic mass is 10.0. The van der Waals surface area contributed by atoms with Crippen molar-refractivity contribution in [2.24, 2.45) is 0 Å². The SMILES string of the molecule is C.C/C(=C\Cc1ccccc1)c1ccccc1. The molecule has 0 aliphatic carbocycles. The fraction of sp³-hybridized carbons (Fsp3) is 0.176. The topological polar surface area (TPSA) is 0 Å². The van der Waals surface area contributed by atoms with E-state index in [2.05, 4.69) is 67.6 Å². The minimum atomic E-state index is 0. The number of allylic oxidation sites excluding steroid dienone is 2. The summed E-state index contributed by atoms with van der Waals surface area (Å²) >= 11 is 0. The highest BCUT2D eigenvalue weighted by molar-refractivity contribution is 5.63. The predicted molar refractivity (Wildman–Crippen MR) is 77.0 cm³/mol. The van der Waals surface area contributed by atoms with Crippen LogP contribution in [0.3, 0.4) is 0 Å². The van der Waals surface area contributed by atoms with Gasteiger partial charge in [0.2, 0.25) is 0 Å². The highest BCUT2D eigenvalue weighted by Gasteiger charge is 1.93. The molecule has 0 saturated heterocycles. The maximum Gasteiger partial charge on any atom is -0.00915 e. The van der Waals surface area contributed by atoms with Crippen LogP contribution in [0.25, 0.3) is 5.57 Å². The number of hydrogen-bond donors (Lipinski definition) is 0. The van der Waals surface area contributed by atoms with E-state index in [9.17, 15) is 0 Å². The summed E-state index contributed by atoms with van der Waals surface area (Å²) in [6.45, 7) is 2.16. The van der Waals surface area contributed by atoms with Crippen LogP contribution in [-0.4, -0.2) is 0 Å². The summed E-state index contributed by atoms with van der Waals surface area (Å²) in [6.07, 6.45) is 3.28. The van der Waals surface area contributed by atoms with Crippen LogP contribution in [-0.2, 0) is 6.42 Å². The van der Waals surface area contributed by atoms with Gasteiger partial charge in [0.15, 0.2) is 0 Å². The third kappa shape index (κ3) is 3.92. The predicted octanol–water partition coefficient (Wildman–Crippen LogP) is 4.97. The highest BCUT2D eigenvalue weighted by Crippen LogP contribution is 2.14. The zero-order valence-electron chi connectivity index (χ0n) is 9.56. The van der Waals surface area contributed by atoms with E-state index < -0.39 is 0 Å². The first kappa shape index (κ1) is 13.2. The molecule has 0 nitrogen and oxygen atoms in total. The number of hydrogen-bond acceptors (Lipinski definition) is 0. The maximum absolute atomic E-state index is 2.28. The van der Waals surface area contributed by atoms with E-state index in [0.29, 0.717) is 0 Å². The molecule has 0 aliphatic heterocycles. The molecule has 88 valence electrons. The van der Waals surface area contributed by atoms with Crippen LogP contribution in [0.4, 0.5) is 0 Å². The summed E-state index contributed by atoms with van der Waals surface area (Å²) in [4.78, 5) is 0. The second-order valence-electron chi connectivity index (χ2n) is 3.94. The Hall–Kier alpha value is -1.82. The minimum absolute atomic E-state index is 0. The number of benzene rings is 2. The molecule has 0 heterocycles. The lowest BCUT2D eigenvalue weighted by Crippen LogP contribution is -1.83. The van der Waals surface area contributed by atoms with Gasteiger partial charge in [-0.2, -0.15) is 0 Å². The first-order valence-corrected chi connectivity index (χ1v) is 5.62. The lowest BCUT2D eigenvalue weighted by Gasteiger charge is -2.01. The standard InChI is InChI=1S/C16H16.CH4/c1-14(16-10-6-3-7-11-16)12-13-15-8-4-2-5-9-15;/h2-12H,13H2,1H3;1H4/b14-12+;. The summed E-state index contributed by atoms with van der Waals surface area (Å²) in [5, 5.41) is 0. The van der Waals surface area contributed by atoms with Crippen LogP contribution < -0.4 is 0 Å². The van der Waals surface area contributed by atoms with E-state index in [1.807, 2.05) is 6.07 Å². The van der Waals surface area contributed by atoms with Gasteiger partial charge >= 0.3 is 0 Å². The van der Waals surface area contributed by atoms with Gasteiger partial charge in [-0.15, -0.1) is 0 Å². The zero-order valence-corrected chi connectivity index (χ0v) is 9.56. The summed E-state index contributed by atoms with van der Waals surface area (Å²) in [5.74, 6) is 0. The van der Waals surface area contributed by atoms with Crippen molar-refractivity contribution < 1.29 is 0 Å². The highest BCUT2D eigenvalue weighted by atomic mass is 14.0. The van der Waals surface area contributed by atoms with Crippen molar-refractivity contribution in [1.82, 2.24) is 0 Å². The van der Waals surface area contributed by atoms with E-state index in [-0.39, 0.29) is 7.43 Å². The Morgan fingerprint density at radius 1 is 0.882 bits per heavy atom. The molecular weight excluding hydrogens is 204 g/mol. The monoisotopic (exact) mass is 224 g/mol. The van der Waals surface area contributed by atoms with Gasteiger partial charge in [0.1, 0.15) is 0 Å². The van der Waals surface area contributed by atoms with Crippen LogP contribution >= 0.6 is 0 Å². The van der Waals surface area contributed by atoms with Gasteiger partial charge in [0.25, 0.3) is 0 Å². The van der Waals surface area contributed by atoms with Gasteiger partial charge in [-0.1, -0.05) is 74.2 Å². The second kappa shape index (κ2) is 6.70. The van der Waals surface area contributed by atoms with Gasteiger partial charge in [0.05, 0.1) is 0 Å². The average Bonchev–Trinajstić information content (AvgIpc) is 2.38. The van der Waals surface area contributed by atoms with Crippen molar-refractivity contribution in [2.75, 3.05) is 0 Å². The molecule has 0 amide bonds. The van der Waals surface area contributed by atoms with Crippen LogP contribution in [0.2, 0.25) is 0 Å². The smallest absolute Gasteiger partial charge is 0.00915 e. The Morgan fingerprint density at radius 3 is 2.00 bits per heavy atom. The third-order valence-electron chi connectivity index (χ3n) is 2.72. The van der Waals surface area contributed by atoms with Crippen molar-refractivity contribution in [1.29, 1.82) is 0 Å². The van der Waals surface area contributed by atoms with Gasteiger partial charge < -0.3 is 0 Å². The molecule has 0 aromatic heterocycles. The fourth-order valence-electron chi connectivity index (χ4n) is 1.70. The largest absolute Gasteiger partial charge is 0.0776 e. The van der Waals surface area contributed by atoms with Crippen LogP contribution in [0.15, 0.2) is 66.7 Å². The first-order valence-electron chi connectivity index (χ1n) is 5.62. The van der Waals surface area contributed by atoms with E-state index in [4.69, 9.17) is 0 Å². The molecule has 0 heteroatoms. The van der Waals surface area contributed by atoms with Crippen LogP contribution in [0, 0.1) is 0 Å². The average molecular weight is 224 g/mol. The Labute approximate surface area is 105 Å². The molecule has 0 atom stereocenters. The quantitative estimate of drug-likeness (QED) is 0.690. The van der Waals surface area contributed by atoms with Crippen LogP contribution in [0.1, 0.15) is 25.5 Å². The lowest BCUT2D eigenvalue weighted by molar-refractivity contribution is 1.27. The molecule has 2 rings (SSSR count). The van der Waals surface area contributed by atoms with Gasteiger partial charge in [0, 0.05) is 0 Å². The van der Waals surface area contributed by atoms with E-state index in [1.165, 1.54) is 16.7 Å². The Kier molecular flexibility index (Phi) is 5.22. The minimum Gasteiger partial charge on any atom is -0.0776 e. The van der Waals surface area contributed by atoms with E-state index in [1.54, 1.807) is 0 Å². The molecule has 0 aliphatic rings. The Morgan fingerprint density at radius 2 is 1.41 bits per heavy atom. The summed E-state index contributed by atoms with van der Waals surface area (Å²) < 4.78 is 0. The molecule has 2 aromatic carbocycles. The first-order chi connectivity index (χ1) is 7.86. The maximum atomic E-state index is 2.28. The van der Waals surface area contributed by atoms with E-state index in [0.717, 1.165) is 6.42 Å². The molecule has 2 aromatic rings. The normalized spacial score (nSPS) is 10.8. The van der Waals surface area contributed by atoms with Gasteiger partial charge in [-0.25, -0.2) is 0 Å². The third-order valence-corrected chi connectivity index (χ3v) is 2.72. The van der Waals surface area contributed by atoms with Crippen molar-refractivity contribution >= 4 is 5.57 Å². The molecule has 0 bridgehead atoms. The molecule has 0 fully saturated rings. The van der Waals surface area contributed by atoms with Crippen molar-refractivity contribution in [3.8, 4) is 0 Å². The summed E-state index contributed by atoms with van der Waals surface area (Å²) in [7, 11) is 0. The molecule has 17 heavy (non-hydrogen) atoms. The zero-order chi connectivity index (χ0) is 11.2. The Balaban J connectivity index is 0.00000144. The Bertz CT molecular complexity index is 452. The van der Waals surface area contributed by atoms with Crippen molar-refractivity contribution in [3.05, 3.63) is 77.9 Å². The fourth-order valence-corrected chi connectivity index (χ4v) is 1.70. The van der Waals surface area contributed by atoms with Crippen molar-refractivity contribution in [3.63, 3.8) is 0 Å². The van der Waals surface area contributed by atoms with Gasteiger partial charge in [-0.3, -0.25) is 0 Å². The molecule has 0 radical (unpaired) electrons. The second-order valence-corrected chi connectivity index (χ2v) is 3.94. The molecule has 0 spiro atoms. The molecule has 0 saturated carbocycles. The molecular formula is C17H20. The van der Waals surface area contributed by atoms with Gasteiger partial charge in [-0.05, 0) is 30.0 Å². The number of rotatable bonds is 3. The molecule has 0 N–H and O–H groups in total. The summed E-state index contributed by atoms with van der Waals surface area (Å²) in [6, 6.07) is 21.1. The van der Waals surface area contributed by atoms with E-state index >= 15 is 0 Å². The van der Waals surface area contributed by atoms with Crippen LogP contribution in [0.5, 0.6) is 0 Å².